The molecular weight excluding hydrogens is 306 g/mol. The number of hydrogen-bond acceptors (Lipinski definition) is 6. The van der Waals surface area contributed by atoms with Gasteiger partial charge in [0.05, 0.1) is 12.1 Å². The predicted molar refractivity (Wildman–Crippen MR) is 75.6 cm³/mol. The van der Waals surface area contributed by atoms with E-state index in [0.29, 0.717) is 30.0 Å². The van der Waals surface area contributed by atoms with Crippen molar-refractivity contribution >= 4 is 11.5 Å². The summed E-state index contributed by atoms with van der Waals surface area (Å²) in [7, 11) is 0. The van der Waals surface area contributed by atoms with Gasteiger partial charge in [-0.15, -0.1) is 14.8 Å². The van der Waals surface area contributed by atoms with E-state index in [-0.39, 0.29) is 6.04 Å². The molecule has 0 bridgehead atoms. The number of rotatable bonds is 2. The van der Waals surface area contributed by atoms with Crippen LogP contribution in [0.1, 0.15) is 18.0 Å². The van der Waals surface area contributed by atoms with Crippen LogP contribution >= 0.6 is 0 Å². The third-order valence-corrected chi connectivity index (χ3v) is 3.96. The molecule has 9 heteroatoms. The van der Waals surface area contributed by atoms with E-state index >= 15 is 0 Å². The molecule has 0 unspecified atom stereocenters. The fourth-order valence-corrected chi connectivity index (χ4v) is 2.90. The van der Waals surface area contributed by atoms with E-state index in [9.17, 15) is 13.9 Å². The van der Waals surface area contributed by atoms with E-state index in [1.165, 1.54) is 10.7 Å². The molecule has 0 spiro atoms. The molecular formula is C14H12F2N6O. The maximum absolute atomic E-state index is 13.5. The van der Waals surface area contributed by atoms with Crippen LogP contribution in [0, 0.1) is 11.6 Å². The summed E-state index contributed by atoms with van der Waals surface area (Å²) < 4.78 is 27.9. The van der Waals surface area contributed by atoms with Crippen molar-refractivity contribution in [1.82, 2.24) is 25.3 Å². The van der Waals surface area contributed by atoms with Crippen molar-refractivity contribution in [3.05, 3.63) is 47.5 Å². The second kappa shape index (κ2) is 5.20. The lowest BCUT2D eigenvalue weighted by Crippen LogP contribution is -2.26. The second-order valence-electron chi connectivity index (χ2n) is 5.45. The maximum Gasteiger partial charge on any atom is 0.200 e. The van der Waals surface area contributed by atoms with Crippen molar-refractivity contribution in [1.29, 1.82) is 0 Å². The molecule has 1 aliphatic heterocycles. The summed E-state index contributed by atoms with van der Waals surface area (Å²) in [5.74, 6) is -1.25. The van der Waals surface area contributed by atoms with E-state index in [0.717, 1.165) is 12.1 Å². The number of aromatic nitrogens is 5. The van der Waals surface area contributed by atoms with Gasteiger partial charge in [-0.3, -0.25) is 0 Å². The second-order valence-corrected chi connectivity index (χ2v) is 5.45. The first-order valence-electron chi connectivity index (χ1n) is 7.07. The first-order valence-corrected chi connectivity index (χ1v) is 7.07. The number of anilines is 1. The Morgan fingerprint density at radius 3 is 2.83 bits per heavy atom. The summed E-state index contributed by atoms with van der Waals surface area (Å²) in [4.78, 5) is 1.83. The van der Waals surface area contributed by atoms with E-state index in [2.05, 4.69) is 20.6 Å². The molecule has 7 nitrogen and oxygen atoms in total. The average Bonchev–Trinajstić information content (AvgIpc) is 3.15. The van der Waals surface area contributed by atoms with Gasteiger partial charge in [0.15, 0.2) is 23.1 Å². The molecule has 1 saturated heterocycles. The summed E-state index contributed by atoms with van der Waals surface area (Å²) in [5.41, 5.74) is 1.08. The van der Waals surface area contributed by atoms with Crippen molar-refractivity contribution in [2.24, 2.45) is 0 Å². The number of halogens is 2. The van der Waals surface area contributed by atoms with Crippen LogP contribution in [0.15, 0.2) is 30.3 Å². The van der Waals surface area contributed by atoms with E-state index < -0.39 is 17.7 Å². The van der Waals surface area contributed by atoms with Crippen LogP contribution < -0.4 is 4.90 Å². The Hall–Kier alpha value is -2.68. The minimum Gasteiger partial charge on any atom is -0.391 e. The highest BCUT2D eigenvalue weighted by atomic mass is 19.2. The largest absolute Gasteiger partial charge is 0.391 e. The van der Waals surface area contributed by atoms with E-state index in [1.807, 2.05) is 4.90 Å². The zero-order valence-electron chi connectivity index (χ0n) is 11.8. The normalized spacial score (nSPS) is 21.3. The molecule has 23 heavy (non-hydrogen) atoms. The van der Waals surface area contributed by atoms with Gasteiger partial charge in [0, 0.05) is 6.54 Å². The number of aliphatic hydroxyl groups is 1. The predicted octanol–water partition coefficient (Wildman–Crippen LogP) is 1.11. The summed E-state index contributed by atoms with van der Waals surface area (Å²) in [6.45, 7) is 0.338. The molecule has 4 rings (SSSR count). The number of benzene rings is 1. The molecule has 0 aliphatic carbocycles. The molecule has 3 heterocycles. The monoisotopic (exact) mass is 318 g/mol. The lowest BCUT2D eigenvalue weighted by atomic mass is 10.0. The smallest absolute Gasteiger partial charge is 0.200 e. The summed E-state index contributed by atoms with van der Waals surface area (Å²) in [6, 6.07) is 6.89. The van der Waals surface area contributed by atoms with Gasteiger partial charge in [-0.2, -0.15) is 0 Å². The van der Waals surface area contributed by atoms with Gasteiger partial charge in [0.2, 0.25) is 0 Å². The van der Waals surface area contributed by atoms with Crippen LogP contribution in [0.2, 0.25) is 0 Å². The zero-order valence-corrected chi connectivity index (χ0v) is 11.8. The Morgan fingerprint density at radius 1 is 1.13 bits per heavy atom. The lowest BCUT2D eigenvalue weighted by molar-refractivity contribution is 0.194. The van der Waals surface area contributed by atoms with Gasteiger partial charge >= 0.3 is 0 Å². The number of fused-ring (bicyclic) bond motifs is 1. The highest BCUT2D eigenvalue weighted by molar-refractivity contribution is 5.48. The zero-order chi connectivity index (χ0) is 16.0. The first-order chi connectivity index (χ1) is 11.1. The highest BCUT2D eigenvalue weighted by Gasteiger charge is 2.33. The van der Waals surface area contributed by atoms with Crippen molar-refractivity contribution < 1.29 is 13.9 Å². The Labute approximate surface area is 129 Å². The molecule has 118 valence electrons. The van der Waals surface area contributed by atoms with Gasteiger partial charge in [0.25, 0.3) is 0 Å². The van der Waals surface area contributed by atoms with Crippen LogP contribution in [0.25, 0.3) is 5.65 Å². The van der Waals surface area contributed by atoms with Crippen LogP contribution in [0.5, 0.6) is 0 Å². The highest BCUT2D eigenvalue weighted by Crippen LogP contribution is 2.35. The topological polar surface area (TPSA) is 79.4 Å². The molecule has 0 amide bonds. The van der Waals surface area contributed by atoms with E-state index in [1.54, 1.807) is 12.1 Å². The van der Waals surface area contributed by atoms with Crippen molar-refractivity contribution in [3.63, 3.8) is 0 Å². The van der Waals surface area contributed by atoms with Crippen molar-refractivity contribution in [2.45, 2.75) is 18.6 Å². The van der Waals surface area contributed by atoms with Gasteiger partial charge in [0.1, 0.15) is 0 Å². The summed E-state index contributed by atoms with van der Waals surface area (Å²) in [6.07, 6.45) is -0.181. The third kappa shape index (κ3) is 2.38. The fraction of sp³-hybridized carbons (Fsp3) is 0.286. The number of tetrazole rings is 1. The third-order valence-electron chi connectivity index (χ3n) is 3.96. The number of β-amino-alcohol motifs (C(OH)–C–C–N with tert-alkyl or cyclic N) is 1. The van der Waals surface area contributed by atoms with E-state index in [4.69, 9.17) is 0 Å². The van der Waals surface area contributed by atoms with Gasteiger partial charge in [-0.25, -0.2) is 8.78 Å². The van der Waals surface area contributed by atoms with Crippen LogP contribution in [0.4, 0.5) is 14.6 Å². The molecule has 1 fully saturated rings. The summed E-state index contributed by atoms with van der Waals surface area (Å²) in [5, 5.41) is 25.3. The Morgan fingerprint density at radius 2 is 2.00 bits per heavy atom. The van der Waals surface area contributed by atoms with Gasteiger partial charge in [-0.05, 0) is 46.7 Å². The molecule has 1 aromatic carbocycles. The molecule has 2 atom stereocenters. The minimum atomic E-state index is -0.910. The van der Waals surface area contributed by atoms with Crippen molar-refractivity contribution in [2.75, 3.05) is 11.4 Å². The minimum absolute atomic E-state index is 0.304. The lowest BCUT2D eigenvalue weighted by Gasteiger charge is -2.25. The van der Waals surface area contributed by atoms with Gasteiger partial charge < -0.3 is 10.0 Å². The van der Waals surface area contributed by atoms with Gasteiger partial charge in [-0.1, -0.05) is 6.07 Å². The molecule has 3 aromatic rings. The fourth-order valence-electron chi connectivity index (χ4n) is 2.90. The van der Waals surface area contributed by atoms with Crippen LogP contribution in [0.3, 0.4) is 0 Å². The Kier molecular flexibility index (Phi) is 3.15. The molecule has 2 aromatic heterocycles. The van der Waals surface area contributed by atoms with Crippen LogP contribution in [-0.2, 0) is 0 Å². The Bertz CT molecular complexity index is 869. The average molecular weight is 318 g/mol. The molecule has 0 radical (unpaired) electrons. The quantitative estimate of drug-likeness (QED) is 0.762. The van der Waals surface area contributed by atoms with Crippen LogP contribution in [-0.4, -0.2) is 43.0 Å². The Balaban J connectivity index is 1.74. The standard InChI is InChI=1S/C14H12F2N6O/c15-10-2-1-8(5-11(10)16)12-6-9(23)7-21(12)14-4-3-13-17-19-20-22(13)18-14/h1-5,9,12,23H,6-7H2/t9-,12+/m0/s1. The number of nitrogens with zero attached hydrogens (tertiary/aromatic N) is 6. The maximum atomic E-state index is 13.5. The van der Waals surface area contributed by atoms with Crippen molar-refractivity contribution in [3.8, 4) is 0 Å². The number of aliphatic hydroxyl groups excluding tert-OH is 1. The summed E-state index contributed by atoms with van der Waals surface area (Å²) >= 11 is 0. The molecule has 1 aliphatic rings. The molecule has 0 saturated carbocycles. The SMILES string of the molecule is O[C@H]1C[C@H](c2ccc(F)c(F)c2)N(c2ccc3nnnn3n2)C1. The molecule has 1 N–H and O–H groups in total. The number of hydrogen-bond donors (Lipinski definition) is 1. The first kappa shape index (κ1) is 13.9.